The van der Waals surface area contributed by atoms with Gasteiger partial charge in [-0.05, 0) is 25.0 Å². The van der Waals surface area contributed by atoms with Gasteiger partial charge in [-0.25, -0.2) is 0 Å². The average molecular weight is 366 g/mol. The Hall–Kier alpha value is -1.89. The summed E-state index contributed by atoms with van der Waals surface area (Å²) in [7, 11) is 0. The Balaban J connectivity index is 0.00000169. The summed E-state index contributed by atoms with van der Waals surface area (Å²) in [6, 6.07) is 9.38. The summed E-state index contributed by atoms with van der Waals surface area (Å²) < 4.78 is 5.36. The highest BCUT2D eigenvalue weighted by Gasteiger charge is 2.36. The molecular formula is C16H17Cl2N5O. The summed E-state index contributed by atoms with van der Waals surface area (Å²) in [5.41, 5.74) is 8.13. The molecule has 3 aromatic rings. The van der Waals surface area contributed by atoms with Crippen LogP contribution in [0, 0.1) is 0 Å². The van der Waals surface area contributed by atoms with E-state index in [1.54, 1.807) is 0 Å². The summed E-state index contributed by atoms with van der Waals surface area (Å²) in [6.07, 6.45) is 3.97. The fourth-order valence-electron chi connectivity index (χ4n) is 3.00. The van der Waals surface area contributed by atoms with E-state index < -0.39 is 5.54 Å². The Morgan fingerprint density at radius 3 is 2.71 bits per heavy atom. The predicted molar refractivity (Wildman–Crippen MR) is 93.9 cm³/mol. The lowest BCUT2D eigenvalue weighted by Crippen LogP contribution is -2.34. The van der Waals surface area contributed by atoms with Crippen LogP contribution in [0.4, 0.5) is 0 Å². The van der Waals surface area contributed by atoms with Crippen molar-refractivity contribution in [3.05, 3.63) is 41.2 Å². The number of benzene rings is 1. The number of hydrogen-bond acceptors (Lipinski definition) is 5. The van der Waals surface area contributed by atoms with E-state index in [1.807, 2.05) is 30.3 Å². The van der Waals surface area contributed by atoms with Crippen molar-refractivity contribution in [1.82, 2.24) is 20.3 Å². The molecule has 3 N–H and O–H groups in total. The maximum atomic E-state index is 6.36. The number of nitrogens with two attached hydrogens (primary N) is 1. The van der Waals surface area contributed by atoms with Gasteiger partial charge in [0.05, 0.1) is 16.3 Å². The second-order valence-corrected chi connectivity index (χ2v) is 6.34. The van der Waals surface area contributed by atoms with Gasteiger partial charge in [0, 0.05) is 5.56 Å². The molecular weight excluding hydrogens is 349 g/mol. The molecule has 8 heteroatoms. The van der Waals surface area contributed by atoms with Crippen LogP contribution in [0.5, 0.6) is 0 Å². The number of aromatic nitrogens is 4. The molecule has 0 radical (unpaired) electrons. The van der Waals surface area contributed by atoms with Crippen LogP contribution in [0.25, 0.3) is 22.8 Å². The molecule has 126 valence electrons. The third-order valence-corrected chi connectivity index (χ3v) is 4.65. The minimum absolute atomic E-state index is 0. The summed E-state index contributed by atoms with van der Waals surface area (Å²) >= 11 is 6.20. The zero-order chi connectivity index (χ0) is 15.9. The first-order valence-electron chi connectivity index (χ1n) is 7.59. The Kier molecular flexibility index (Phi) is 4.62. The van der Waals surface area contributed by atoms with E-state index in [9.17, 15) is 0 Å². The maximum Gasteiger partial charge on any atom is 0.276 e. The lowest BCUT2D eigenvalue weighted by molar-refractivity contribution is 0.372. The van der Waals surface area contributed by atoms with Crippen LogP contribution < -0.4 is 5.73 Å². The third-order valence-electron chi connectivity index (χ3n) is 4.33. The lowest BCUT2D eigenvalue weighted by Gasteiger charge is -2.17. The molecule has 6 nitrogen and oxygen atoms in total. The first-order chi connectivity index (χ1) is 11.2. The lowest BCUT2D eigenvalue weighted by atomic mass is 9.99. The quantitative estimate of drug-likeness (QED) is 0.733. The van der Waals surface area contributed by atoms with Gasteiger partial charge >= 0.3 is 0 Å². The fraction of sp³-hybridized carbons (Fsp3) is 0.312. The summed E-state index contributed by atoms with van der Waals surface area (Å²) in [5, 5.41) is 11.9. The number of halogens is 2. The van der Waals surface area contributed by atoms with Crippen molar-refractivity contribution in [3.8, 4) is 22.8 Å². The molecule has 1 aliphatic rings. The van der Waals surface area contributed by atoms with E-state index in [0.717, 1.165) is 36.9 Å². The minimum Gasteiger partial charge on any atom is -0.332 e. The molecule has 4 rings (SSSR count). The van der Waals surface area contributed by atoms with Crippen LogP contribution in [0.2, 0.25) is 5.02 Å². The summed E-state index contributed by atoms with van der Waals surface area (Å²) in [5.74, 6) is 0.960. The molecule has 0 atom stereocenters. The molecule has 1 aromatic carbocycles. The molecule has 0 spiro atoms. The normalized spacial score (nSPS) is 16.1. The molecule has 2 heterocycles. The van der Waals surface area contributed by atoms with Gasteiger partial charge in [-0.3, -0.25) is 5.10 Å². The number of nitrogens with zero attached hydrogens (tertiary/aromatic N) is 3. The van der Waals surface area contributed by atoms with E-state index in [2.05, 4.69) is 20.3 Å². The summed E-state index contributed by atoms with van der Waals surface area (Å²) in [6.45, 7) is 0. The second kappa shape index (κ2) is 6.55. The van der Waals surface area contributed by atoms with Crippen LogP contribution in [-0.2, 0) is 5.54 Å². The van der Waals surface area contributed by atoms with Crippen molar-refractivity contribution in [3.63, 3.8) is 0 Å². The SMILES string of the molecule is Cl.NC1(c2noc(-c3cc(-c4ccccc4Cl)n[nH]3)n2)CCCC1. The van der Waals surface area contributed by atoms with Gasteiger partial charge in [-0.2, -0.15) is 10.1 Å². The zero-order valence-corrected chi connectivity index (χ0v) is 14.4. The fourth-order valence-corrected chi connectivity index (χ4v) is 3.24. The van der Waals surface area contributed by atoms with Crippen LogP contribution in [0.1, 0.15) is 31.5 Å². The number of rotatable bonds is 3. The van der Waals surface area contributed by atoms with Crippen LogP contribution >= 0.6 is 24.0 Å². The van der Waals surface area contributed by atoms with E-state index in [-0.39, 0.29) is 12.4 Å². The van der Waals surface area contributed by atoms with E-state index >= 15 is 0 Å². The van der Waals surface area contributed by atoms with E-state index in [1.165, 1.54) is 0 Å². The first-order valence-corrected chi connectivity index (χ1v) is 7.97. The molecule has 0 saturated heterocycles. The monoisotopic (exact) mass is 365 g/mol. The van der Waals surface area contributed by atoms with Gasteiger partial charge in [0.2, 0.25) is 0 Å². The Morgan fingerprint density at radius 2 is 1.96 bits per heavy atom. The number of nitrogens with one attached hydrogen (secondary N) is 1. The Morgan fingerprint density at radius 1 is 1.21 bits per heavy atom. The molecule has 0 amide bonds. The van der Waals surface area contributed by atoms with Gasteiger partial charge in [-0.15, -0.1) is 12.4 Å². The van der Waals surface area contributed by atoms with E-state index in [4.69, 9.17) is 21.9 Å². The van der Waals surface area contributed by atoms with Gasteiger partial charge in [-0.1, -0.05) is 47.8 Å². The summed E-state index contributed by atoms with van der Waals surface area (Å²) in [4.78, 5) is 4.46. The smallest absolute Gasteiger partial charge is 0.276 e. The van der Waals surface area contributed by atoms with Crippen LogP contribution in [0.15, 0.2) is 34.9 Å². The Labute approximate surface area is 150 Å². The number of H-pyrrole nitrogens is 1. The maximum absolute atomic E-state index is 6.36. The Bertz CT molecular complexity index is 838. The minimum atomic E-state index is -0.465. The standard InChI is InChI=1S/C16H16ClN5O.ClH/c17-11-6-2-1-5-10(11)12-9-13(21-20-12)14-19-15(22-23-14)16(18)7-3-4-8-16;/h1-2,5-6,9H,3-4,7-8,18H2,(H,20,21);1H. The van der Waals surface area contributed by atoms with Crippen molar-refractivity contribution in [2.45, 2.75) is 31.2 Å². The van der Waals surface area contributed by atoms with Crippen molar-refractivity contribution < 1.29 is 4.52 Å². The molecule has 24 heavy (non-hydrogen) atoms. The predicted octanol–water partition coefficient (Wildman–Crippen LogP) is 3.93. The van der Waals surface area contributed by atoms with Crippen LogP contribution in [-0.4, -0.2) is 20.3 Å². The highest BCUT2D eigenvalue weighted by atomic mass is 35.5. The van der Waals surface area contributed by atoms with Crippen molar-refractivity contribution >= 4 is 24.0 Å². The number of aromatic amines is 1. The van der Waals surface area contributed by atoms with Crippen LogP contribution in [0.3, 0.4) is 0 Å². The highest BCUT2D eigenvalue weighted by Crippen LogP contribution is 2.35. The molecule has 1 saturated carbocycles. The average Bonchev–Trinajstić information content (AvgIpc) is 3.27. The van der Waals surface area contributed by atoms with E-state index in [0.29, 0.717) is 22.4 Å². The topological polar surface area (TPSA) is 93.6 Å². The third kappa shape index (κ3) is 2.92. The van der Waals surface area contributed by atoms with Gasteiger partial charge in [0.15, 0.2) is 5.82 Å². The number of hydrogen-bond donors (Lipinski definition) is 2. The zero-order valence-electron chi connectivity index (χ0n) is 12.8. The van der Waals surface area contributed by atoms with Crippen molar-refractivity contribution in [2.75, 3.05) is 0 Å². The van der Waals surface area contributed by atoms with Crippen molar-refractivity contribution in [2.24, 2.45) is 5.73 Å². The molecule has 2 aromatic heterocycles. The molecule has 0 bridgehead atoms. The largest absolute Gasteiger partial charge is 0.332 e. The molecule has 0 aliphatic heterocycles. The van der Waals surface area contributed by atoms with Gasteiger partial charge < -0.3 is 10.3 Å². The highest BCUT2D eigenvalue weighted by molar-refractivity contribution is 6.33. The first kappa shape index (κ1) is 17.0. The van der Waals surface area contributed by atoms with Gasteiger partial charge in [0.1, 0.15) is 5.69 Å². The van der Waals surface area contributed by atoms with Gasteiger partial charge in [0.25, 0.3) is 5.89 Å². The molecule has 1 aliphatic carbocycles. The molecule has 0 unspecified atom stereocenters. The second-order valence-electron chi connectivity index (χ2n) is 5.93. The van der Waals surface area contributed by atoms with Crippen molar-refractivity contribution in [1.29, 1.82) is 0 Å². The molecule has 1 fully saturated rings.